The van der Waals surface area contributed by atoms with E-state index in [4.69, 9.17) is 4.42 Å². The highest BCUT2D eigenvalue weighted by atomic mass is 32.1. The molecule has 2 aliphatic heterocycles. The summed E-state index contributed by atoms with van der Waals surface area (Å²) in [5, 5.41) is 0.338. The van der Waals surface area contributed by atoms with E-state index in [9.17, 15) is 23.6 Å². The number of hydrogen-bond donors (Lipinski definition) is 0. The van der Waals surface area contributed by atoms with Crippen LogP contribution in [0, 0.1) is 19.7 Å². The zero-order valence-electron chi connectivity index (χ0n) is 22.7. The fourth-order valence-corrected chi connectivity index (χ4v) is 7.02. The van der Waals surface area contributed by atoms with E-state index in [0.717, 1.165) is 16.9 Å². The van der Waals surface area contributed by atoms with Crippen LogP contribution in [0.1, 0.15) is 55.1 Å². The van der Waals surface area contributed by atoms with Crippen LogP contribution in [0.4, 0.5) is 15.2 Å². The van der Waals surface area contributed by atoms with Crippen LogP contribution < -0.4 is 15.2 Å². The van der Waals surface area contributed by atoms with E-state index in [1.165, 1.54) is 28.9 Å². The predicted octanol–water partition coefficient (Wildman–Crippen LogP) is 5.66. The van der Waals surface area contributed by atoms with Crippen molar-refractivity contribution in [1.82, 2.24) is 4.98 Å². The molecule has 0 aliphatic carbocycles. The van der Waals surface area contributed by atoms with E-state index in [0.29, 0.717) is 27.4 Å². The van der Waals surface area contributed by atoms with Crippen molar-refractivity contribution < 1.29 is 23.2 Å². The maximum Gasteiger partial charge on any atom is 0.297 e. The van der Waals surface area contributed by atoms with Crippen LogP contribution in [0.25, 0.3) is 11.0 Å². The van der Waals surface area contributed by atoms with E-state index >= 15 is 0 Å². The van der Waals surface area contributed by atoms with Crippen molar-refractivity contribution >= 4 is 50.7 Å². The minimum atomic E-state index is -1.94. The van der Waals surface area contributed by atoms with E-state index < -0.39 is 28.6 Å². The number of hydrogen-bond acceptors (Lipinski definition) is 7. The number of carbonyl (C=O) groups is 3. The lowest BCUT2D eigenvalue weighted by Crippen LogP contribution is -2.53. The molecular formula is C32H22FN3O5S. The van der Waals surface area contributed by atoms with Crippen molar-refractivity contribution in [3.8, 4) is 0 Å². The standard InChI is InChI=1S/C32H22FN3O5S/c1-16-8-13-24-21(14-16)26(38)25-27(41-24)29(39)36(31-34-17(2)28(42-31)18(3)37)32(25)22-6-4-5-7-23(22)35(30(32)40)15-19-9-11-20(33)12-10-19/h4-14H,15H2,1-3H3. The molecule has 0 radical (unpaired) electrons. The Labute approximate surface area is 242 Å². The molecule has 4 heterocycles. The third-order valence-electron chi connectivity index (χ3n) is 7.83. The van der Waals surface area contributed by atoms with Gasteiger partial charge in [-0.1, -0.05) is 53.3 Å². The molecule has 2 amide bonds. The van der Waals surface area contributed by atoms with E-state index in [2.05, 4.69) is 4.98 Å². The predicted molar refractivity (Wildman–Crippen MR) is 156 cm³/mol. The molecule has 0 N–H and O–H groups in total. The first-order valence-electron chi connectivity index (χ1n) is 13.2. The molecule has 3 aromatic carbocycles. The van der Waals surface area contributed by atoms with Crippen LogP contribution in [0.5, 0.6) is 0 Å². The van der Waals surface area contributed by atoms with Gasteiger partial charge >= 0.3 is 0 Å². The molecule has 0 saturated carbocycles. The number of aryl methyl sites for hydroxylation is 2. The van der Waals surface area contributed by atoms with Crippen molar-refractivity contribution in [2.24, 2.45) is 0 Å². The second kappa shape index (κ2) is 9.02. The van der Waals surface area contributed by atoms with E-state index in [-0.39, 0.29) is 39.8 Å². The maximum absolute atomic E-state index is 14.9. The first-order chi connectivity index (χ1) is 20.1. The number of Topliss-reactive ketones (excluding diaryl/α,β-unsaturated/α-hetero) is 1. The Balaban J connectivity index is 1.56. The molecule has 0 fully saturated rings. The second-order valence-electron chi connectivity index (χ2n) is 10.5. The third kappa shape index (κ3) is 3.41. The highest BCUT2D eigenvalue weighted by molar-refractivity contribution is 7.17. The third-order valence-corrected chi connectivity index (χ3v) is 9.07. The minimum Gasteiger partial charge on any atom is -0.450 e. The number of nitrogens with zero attached hydrogens (tertiary/aromatic N) is 3. The van der Waals surface area contributed by atoms with Gasteiger partial charge in [0.05, 0.1) is 33.8 Å². The lowest BCUT2D eigenvalue weighted by atomic mass is 9.84. The van der Waals surface area contributed by atoms with Crippen LogP contribution in [0.15, 0.2) is 75.9 Å². The number of para-hydroxylation sites is 1. The average Bonchev–Trinajstić information content (AvgIpc) is 3.55. The Hall–Kier alpha value is -4.96. The summed E-state index contributed by atoms with van der Waals surface area (Å²) >= 11 is 0.984. The van der Waals surface area contributed by atoms with Gasteiger partial charge in [-0.05, 0) is 49.7 Å². The molecule has 10 heteroatoms. The number of benzene rings is 3. The molecule has 2 aromatic heterocycles. The number of halogens is 1. The normalized spacial score (nSPS) is 17.4. The minimum absolute atomic E-state index is 0.0584. The van der Waals surface area contributed by atoms with Crippen molar-refractivity contribution in [3.63, 3.8) is 0 Å². The number of ketones is 1. The molecule has 0 bridgehead atoms. The fourth-order valence-electron chi connectivity index (χ4n) is 6.01. The maximum atomic E-state index is 14.9. The molecular weight excluding hydrogens is 557 g/mol. The largest absolute Gasteiger partial charge is 0.450 e. The van der Waals surface area contributed by atoms with Gasteiger partial charge in [0.1, 0.15) is 11.4 Å². The van der Waals surface area contributed by atoms with Crippen LogP contribution in [-0.4, -0.2) is 22.6 Å². The topological polar surface area (TPSA) is 101 Å². The Kier molecular flexibility index (Phi) is 5.58. The molecule has 1 unspecified atom stereocenters. The number of aromatic nitrogens is 1. The number of carbonyl (C=O) groups excluding carboxylic acids is 3. The van der Waals surface area contributed by atoms with Gasteiger partial charge in [0.2, 0.25) is 5.76 Å². The van der Waals surface area contributed by atoms with Crippen LogP contribution in [0.2, 0.25) is 0 Å². The lowest BCUT2D eigenvalue weighted by molar-refractivity contribution is -0.121. The monoisotopic (exact) mass is 579 g/mol. The van der Waals surface area contributed by atoms with Gasteiger partial charge < -0.3 is 9.32 Å². The lowest BCUT2D eigenvalue weighted by Gasteiger charge is -2.32. The number of fused-ring (bicyclic) bond motifs is 5. The number of anilines is 2. The molecule has 2 aliphatic rings. The summed E-state index contributed by atoms with van der Waals surface area (Å²) in [5.41, 5.74) is 0.432. The van der Waals surface area contributed by atoms with Crippen LogP contribution in [0.3, 0.4) is 0 Å². The van der Waals surface area contributed by atoms with E-state index in [1.54, 1.807) is 61.5 Å². The van der Waals surface area contributed by atoms with Crippen molar-refractivity contribution in [1.29, 1.82) is 0 Å². The molecule has 5 aromatic rings. The number of rotatable bonds is 4. The van der Waals surface area contributed by atoms with Gasteiger partial charge in [-0.2, -0.15) is 0 Å². The Bertz CT molecular complexity index is 2070. The summed E-state index contributed by atoms with van der Waals surface area (Å²) in [6.45, 7) is 4.95. The first-order valence-corrected chi connectivity index (χ1v) is 14.0. The van der Waals surface area contributed by atoms with Gasteiger partial charge in [-0.25, -0.2) is 9.37 Å². The Morgan fingerprint density at radius 3 is 2.48 bits per heavy atom. The molecule has 7 rings (SSSR count). The summed E-state index contributed by atoms with van der Waals surface area (Å²) in [4.78, 5) is 63.6. The van der Waals surface area contributed by atoms with Crippen LogP contribution >= 0.6 is 11.3 Å². The molecule has 208 valence electrons. The molecule has 1 spiro atoms. The van der Waals surface area contributed by atoms with Gasteiger partial charge in [-0.15, -0.1) is 0 Å². The summed E-state index contributed by atoms with van der Waals surface area (Å²) in [5.74, 6) is -2.16. The molecule has 42 heavy (non-hydrogen) atoms. The smallest absolute Gasteiger partial charge is 0.297 e. The SMILES string of the molecule is CC(=O)c1sc(N2C(=O)c3oc4ccc(C)cc4c(=O)c3C23C(=O)N(Cc2ccc(F)cc2)c2ccccc23)nc1C. The summed E-state index contributed by atoms with van der Waals surface area (Å²) in [7, 11) is 0. The van der Waals surface area contributed by atoms with Gasteiger partial charge in [0.15, 0.2) is 21.9 Å². The van der Waals surface area contributed by atoms with Crippen molar-refractivity contribution in [3.05, 3.63) is 121 Å². The van der Waals surface area contributed by atoms with Gasteiger partial charge in [0.25, 0.3) is 11.8 Å². The molecule has 0 saturated heterocycles. The van der Waals surface area contributed by atoms with Gasteiger partial charge in [-0.3, -0.25) is 24.1 Å². The second-order valence-corrected chi connectivity index (χ2v) is 11.5. The zero-order valence-corrected chi connectivity index (χ0v) is 23.5. The summed E-state index contributed by atoms with van der Waals surface area (Å²) in [6.07, 6.45) is 0. The van der Waals surface area contributed by atoms with E-state index in [1.807, 2.05) is 6.92 Å². The first kappa shape index (κ1) is 26.0. The van der Waals surface area contributed by atoms with Crippen molar-refractivity contribution in [2.45, 2.75) is 32.9 Å². The van der Waals surface area contributed by atoms with Crippen LogP contribution in [-0.2, 0) is 16.9 Å². The highest BCUT2D eigenvalue weighted by Crippen LogP contribution is 2.55. The number of thiazole rings is 1. The molecule has 8 nitrogen and oxygen atoms in total. The number of amides is 2. The Morgan fingerprint density at radius 1 is 1.02 bits per heavy atom. The quantitative estimate of drug-likeness (QED) is 0.255. The average molecular weight is 580 g/mol. The fraction of sp³-hybridized carbons (Fsp3) is 0.156. The summed E-state index contributed by atoms with van der Waals surface area (Å²) < 4.78 is 19.8. The Morgan fingerprint density at radius 2 is 1.76 bits per heavy atom. The zero-order chi connectivity index (χ0) is 29.5. The van der Waals surface area contributed by atoms with Crippen molar-refractivity contribution in [2.75, 3.05) is 9.80 Å². The van der Waals surface area contributed by atoms with Gasteiger partial charge in [0, 0.05) is 12.5 Å². The summed E-state index contributed by atoms with van der Waals surface area (Å²) in [6, 6.07) is 17.8. The molecule has 1 atom stereocenters. The highest BCUT2D eigenvalue weighted by Gasteiger charge is 2.66.